The first kappa shape index (κ1) is 10.5. The molecular weight excluding hydrogens is 175 g/mol. The molecule has 0 saturated heterocycles. The van der Waals surface area contributed by atoms with Crippen LogP contribution >= 0.6 is 7.55 Å². The zero-order chi connectivity index (χ0) is 10.0. The van der Waals surface area contributed by atoms with Crippen LogP contribution in [0.25, 0.3) is 0 Å². The van der Waals surface area contributed by atoms with Gasteiger partial charge in [0, 0.05) is 5.57 Å². The molecule has 1 aliphatic rings. The molecule has 0 saturated carbocycles. The molecule has 0 nitrogen and oxygen atoms in total. The lowest BCUT2D eigenvalue weighted by atomic mass is 10.00. The SMILES string of the molecule is C=C1C=[P+](C)/C1=C(/C=C\C)C(C)C. The van der Waals surface area contributed by atoms with E-state index in [1.54, 1.807) is 0 Å². The first-order chi connectivity index (χ1) is 6.07. The lowest BCUT2D eigenvalue weighted by molar-refractivity contribution is 0.788. The van der Waals surface area contributed by atoms with E-state index in [0.29, 0.717) is 5.92 Å². The minimum Gasteiger partial charge on any atom is -0.0872 e. The molecule has 1 unspecified atom stereocenters. The number of hydrogen-bond acceptors (Lipinski definition) is 0. The van der Waals surface area contributed by atoms with E-state index in [0.717, 1.165) is 0 Å². The summed E-state index contributed by atoms with van der Waals surface area (Å²) in [4.78, 5) is 0. The third-order valence-electron chi connectivity index (χ3n) is 2.25. The number of allylic oxidation sites excluding steroid dienone is 5. The van der Waals surface area contributed by atoms with Crippen LogP contribution in [-0.4, -0.2) is 12.5 Å². The Hall–Kier alpha value is -0.610. The summed E-state index contributed by atoms with van der Waals surface area (Å²) in [6, 6.07) is 0. The standard InChI is InChI=1S/C12H18P/c1-6-7-11(9(2)3)12-10(4)8-13(12)5/h6-9H,4H2,1-3,5H3/q+1/b7-6-,12-11-. The predicted molar refractivity (Wildman–Crippen MR) is 64.7 cm³/mol. The molecule has 0 aromatic carbocycles. The molecule has 13 heavy (non-hydrogen) atoms. The van der Waals surface area contributed by atoms with Crippen LogP contribution in [0.3, 0.4) is 0 Å². The Morgan fingerprint density at radius 2 is 2.15 bits per heavy atom. The number of hydrogen-bond donors (Lipinski definition) is 0. The van der Waals surface area contributed by atoms with Crippen molar-refractivity contribution >= 4 is 13.3 Å². The summed E-state index contributed by atoms with van der Waals surface area (Å²) in [5.41, 5.74) is 2.72. The molecule has 0 aliphatic carbocycles. The van der Waals surface area contributed by atoms with Gasteiger partial charge in [-0.25, -0.2) is 0 Å². The molecular formula is C12H18P+. The van der Waals surface area contributed by atoms with E-state index < -0.39 is 0 Å². The molecule has 1 heteroatoms. The van der Waals surface area contributed by atoms with Gasteiger partial charge in [0.15, 0.2) is 5.31 Å². The lowest BCUT2D eigenvalue weighted by Crippen LogP contribution is -2.04. The second-order valence-electron chi connectivity index (χ2n) is 3.72. The lowest BCUT2D eigenvalue weighted by Gasteiger charge is -2.14. The van der Waals surface area contributed by atoms with Gasteiger partial charge in [-0.15, -0.1) is 0 Å². The Morgan fingerprint density at radius 3 is 2.46 bits per heavy atom. The summed E-state index contributed by atoms with van der Waals surface area (Å²) < 4.78 is 0. The zero-order valence-corrected chi connectivity index (χ0v) is 9.86. The third-order valence-corrected chi connectivity index (χ3v) is 4.20. The number of rotatable bonds is 2. The highest BCUT2D eigenvalue weighted by Gasteiger charge is 2.30. The Kier molecular flexibility index (Phi) is 3.27. The molecule has 1 aliphatic heterocycles. The summed E-state index contributed by atoms with van der Waals surface area (Å²) in [5, 5.41) is 1.52. The fourth-order valence-electron chi connectivity index (χ4n) is 1.63. The minimum absolute atomic E-state index is 0.000000000000000444. The monoisotopic (exact) mass is 193 g/mol. The maximum absolute atomic E-state index is 4.05. The van der Waals surface area contributed by atoms with Crippen molar-refractivity contribution in [2.45, 2.75) is 20.8 Å². The average Bonchev–Trinajstić information content (AvgIpc) is 2.03. The molecule has 0 aromatic heterocycles. The molecule has 0 N–H and O–H groups in total. The van der Waals surface area contributed by atoms with E-state index in [1.165, 1.54) is 16.5 Å². The summed E-state index contributed by atoms with van der Waals surface area (Å²) in [7, 11) is 0.000000000000000444. The van der Waals surface area contributed by atoms with E-state index in [1.807, 2.05) is 0 Å². The van der Waals surface area contributed by atoms with Gasteiger partial charge in [0.1, 0.15) is 20.0 Å². The molecule has 1 atom stereocenters. The Labute approximate surface area is 82.4 Å². The van der Waals surface area contributed by atoms with Gasteiger partial charge < -0.3 is 0 Å². The van der Waals surface area contributed by atoms with Crippen LogP contribution < -0.4 is 0 Å². The fourth-order valence-corrected chi connectivity index (χ4v) is 3.41. The second kappa shape index (κ2) is 4.07. The summed E-state index contributed by atoms with van der Waals surface area (Å²) in [6.07, 6.45) is 4.36. The molecule has 0 radical (unpaired) electrons. The van der Waals surface area contributed by atoms with Gasteiger partial charge in [0.05, 0.1) is 5.57 Å². The van der Waals surface area contributed by atoms with Crippen LogP contribution in [0.15, 0.2) is 35.2 Å². The maximum Gasteiger partial charge on any atom is 0.162 e. The van der Waals surface area contributed by atoms with Crippen molar-refractivity contribution < 1.29 is 0 Å². The topological polar surface area (TPSA) is 0 Å². The molecule has 0 aromatic rings. The molecule has 1 rings (SSSR count). The van der Waals surface area contributed by atoms with E-state index in [4.69, 9.17) is 0 Å². The smallest absolute Gasteiger partial charge is 0.0872 e. The molecule has 0 fully saturated rings. The normalized spacial score (nSPS) is 23.5. The van der Waals surface area contributed by atoms with E-state index in [2.05, 4.69) is 52.0 Å². The summed E-state index contributed by atoms with van der Waals surface area (Å²) >= 11 is 0. The van der Waals surface area contributed by atoms with Crippen molar-refractivity contribution in [3.63, 3.8) is 0 Å². The van der Waals surface area contributed by atoms with Gasteiger partial charge >= 0.3 is 0 Å². The van der Waals surface area contributed by atoms with Crippen LogP contribution in [0.4, 0.5) is 0 Å². The highest BCUT2D eigenvalue weighted by Crippen LogP contribution is 2.47. The van der Waals surface area contributed by atoms with Crippen LogP contribution in [0.2, 0.25) is 0 Å². The van der Waals surface area contributed by atoms with Crippen LogP contribution in [0.5, 0.6) is 0 Å². The average molecular weight is 193 g/mol. The Balaban J connectivity index is 3.13. The highest BCUT2D eigenvalue weighted by atomic mass is 31.1. The van der Waals surface area contributed by atoms with E-state index in [9.17, 15) is 0 Å². The first-order valence-corrected chi connectivity index (χ1v) is 6.57. The predicted octanol–water partition coefficient (Wildman–Crippen LogP) is 3.96. The van der Waals surface area contributed by atoms with Gasteiger partial charge in [0.25, 0.3) is 0 Å². The first-order valence-electron chi connectivity index (χ1n) is 4.71. The molecule has 1 heterocycles. The van der Waals surface area contributed by atoms with Gasteiger partial charge in [-0.1, -0.05) is 32.6 Å². The summed E-state index contributed by atoms with van der Waals surface area (Å²) in [6.45, 7) is 12.9. The van der Waals surface area contributed by atoms with E-state index >= 15 is 0 Å². The summed E-state index contributed by atoms with van der Waals surface area (Å²) in [5.74, 6) is 2.90. The Bertz CT molecular complexity index is 314. The van der Waals surface area contributed by atoms with Crippen molar-refractivity contribution in [3.05, 3.63) is 35.2 Å². The Morgan fingerprint density at radius 1 is 1.54 bits per heavy atom. The van der Waals surface area contributed by atoms with Gasteiger partial charge in [0.2, 0.25) is 0 Å². The fraction of sp³-hybridized carbons (Fsp3) is 0.417. The van der Waals surface area contributed by atoms with Crippen molar-refractivity contribution in [2.75, 3.05) is 6.66 Å². The van der Waals surface area contributed by atoms with Crippen LogP contribution in [-0.2, 0) is 0 Å². The molecule has 70 valence electrons. The quantitative estimate of drug-likeness (QED) is 0.582. The maximum atomic E-state index is 4.05. The van der Waals surface area contributed by atoms with Gasteiger partial charge in [-0.3, -0.25) is 0 Å². The minimum atomic E-state index is 0.000000000000000444. The molecule has 0 amide bonds. The zero-order valence-electron chi connectivity index (χ0n) is 8.96. The third kappa shape index (κ3) is 2.00. The van der Waals surface area contributed by atoms with Crippen LogP contribution in [0.1, 0.15) is 20.8 Å². The largest absolute Gasteiger partial charge is 0.162 e. The van der Waals surface area contributed by atoms with Crippen molar-refractivity contribution in [2.24, 2.45) is 5.92 Å². The van der Waals surface area contributed by atoms with Crippen LogP contribution in [0, 0.1) is 5.92 Å². The van der Waals surface area contributed by atoms with Crippen molar-refractivity contribution in [1.29, 1.82) is 0 Å². The second-order valence-corrected chi connectivity index (χ2v) is 5.65. The molecule has 0 bridgehead atoms. The van der Waals surface area contributed by atoms with Gasteiger partial charge in [-0.2, -0.15) is 0 Å². The van der Waals surface area contributed by atoms with Gasteiger partial charge in [-0.05, 0) is 12.8 Å². The van der Waals surface area contributed by atoms with E-state index in [-0.39, 0.29) is 7.55 Å². The van der Waals surface area contributed by atoms with Crippen molar-refractivity contribution in [3.8, 4) is 0 Å². The van der Waals surface area contributed by atoms with Crippen molar-refractivity contribution in [1.82, 2.24) is 0 Å². The highest BCUT2D eigenvalue weighted by molar-refractivity contribution is 7.64. The molecule has 0 spiro atoms.